The van der Waals surface area contributed by atoms with Gasteiger partial charge in [0.2, 0.25) is 21.1 Å². The minimum absolute atomic E-state index is 0.0152. The Morgan fingerprint density at radius 3 is 1.85 bits per heavy atom. The molecule has 176 valence electrons. The molecule has 3 amide bonds. The Morgan fingerprint density at radius 1 is 0.848 bits per heavy atom. The maximum absolute atomic E-state index is 13.4. The zero-order valence-electron chi connectivity index (χ0n) is 19.1. The monoisotopic (exact) mass is 471 g/mol. The minimum atomic E-state index is -4.22. The predicted octanol–water partition coefficient (Wildman–Crippen LogP) is 1.91. The Labute approximate surface area is 194 Å². The van der Waals surface area contributed by atoms with Crippen LogP contribution in [0.25, 0.3) is 0 Å². The second-order valence-corrected chi connectivity index (χ2v) is 10.2. The quantitative estimate of drug-likeness (QED) is 0.693. The Bertz CT molecular complexity index is 1120. The first-order valence-corrected chi connectivity index (χ1v) is 12.4. The van der Waals surface area contributed by atoms with Crippen molar-refractivity contribution in [2.24, 2.45) is 0 Å². The van der Waals surface area contributed by atoms with E-state index in [0.717, 1.165) is 11.1 Å². The van der Waals surface area contributed by atoms with Gasteiger partial charge in [-0.1, -0.05) is 42.3 Å². The van der Waals surface area contributed by atoms with Gasteiger partial charge in [0.1, 0.15) is 0 Å². The predicted molar refractivity (Wildman–Crippen MR) is 124 cm³/mol. The van der Waals surface area contributed by atoms with Gasteiger partial charge in [-0.15, -0.1) is 0 Å². The van der Waals surface area contributed by atoms with E-state index in [1.165, 1.54) is 17.0 Å². The van der Waals surface area contributed by atoms with Crippen molar-refractivity contribution < 1.29 is 22.8 Å². The largest absolute Gasteiger partial charge is 0.339 e. The average Bonchev–Trinajstić information content (AvgIpc) is 2.82. The van der Waals surface area contributed by atoms with Crippen molar-refractivity contribution in [3.8, 4) is 0 Å². The SMILES string of the molecule is CCC(=O)N1CCN(C(=O)[C@H](NC(=O)c2ccc(C)cc2)S(=O)(=O)c2ccc(C)cc2)CC1. The number of aryl methyl sites for hydroxylation is 2. The molecule has 0 radical (unpaired) electrons. The van der Waals surface area contributed by atoms with Crippen LogP contribution in [0.3, 0.4) is 0 Å². The molecule has 2 aromatic rings. The van der Waals surface area contributed by atoms with Gasteiger partial charge in [0.15, 0.2) is 0 Å². The number of nitrogens with one attached hydrogen (secondary N) is 1. The van der Waals surface area contributed by atoms with Gasteiger partial charge in [-0.2, -0.15) is 0 Å². The van der Waals surface area contributed by atoms with E-state index in [-0.39, 0.29) is 29.5 Å². The number of rotatable bonds is 6. The number of piperazine rings is 1. The van der Waals surface area contributed by atoms with Crippen LogP contribution < -0.4 is 5.32 Å². The molecule has 0 bridgehead atoms. The first kappa shape index (κ1) is 24.4. The molecular formula is C24H29N3O5S. The molecule has 1 heterocycles. The number of carbonyl (C=O) groups excluding carboxylic acids is 3. The highest BCUT2D eigenvalue weighted by Gasteiger charge is 2.39. The van der Waals surface area contributed by atoms with Crippen LogP contribution in [0.2, 0.25) is 0 Å². The number of benzene rings is 2. The van der Waals surface area contributed by atoms with Crippen LogP contribution >= 0.6 is 0 Å². The summed E-state index contributed by atoms with van der Waals surface area (Å²) in [6.45, 7) is 6.51. The third-order valence-electron chi connectivity index (χ3n) is 5.71. The third-order valence-corrected chi connectivity index (χ3v) is 7.58. The molecule has 8 nitrogen and oxygen atoms in total. The number of carbonyl (C=O) groups is 3. The second-order valence-electron chi connectivity index (χ2n) is 8.14. The fraction of sp³-hybridized carbons (Fsp3) is 0.375. The standard InChI is InChI=1S/C24H29N3O5S/c1-4-21(28)26-13-15-27(16-14-26)24(30)23(25-22(29)19-9-5-17(2)6-10-19)33(31,32)20-11-7-18(3)8-12-20/h5-12,23H,4,13-16H2,1-3H3,(H,25,29)/t23-/m1/s1. The number of sulfone groups is 1. The lowest BCUT2D eigenvalue weighted by molar-refractivity contribution is -0.139. The fourth-order valence-corrected chi connectivity index (χ4v) is 5.07. The van der Waals surface area contributed by atoms with E-state index in [2.05, 4.69) is 5.32 Å². The lowest BCUT2D eigenvalue weighted by Gasteiger charge is -2.36. The molecule has 0 aromatic heterocycles. The zero-order chi connectivity index (χ0) is 24.2. The van der Waals surface area contributed by atoms with Crippen LogP contribution in [0.4, 0.5) is 0 Å². The van der Waals surface area contributed by atoms with Gasteiger partial charge in [0, 0.05) is 38.2 Å². The van der Waals surface area contributed by atoms with Crippen molar-refractivity contribution in [2.45, 2.75) is 37.5 Å². The summed E-state index contributed by atoms with van der Waals surface area (Å²) in [7, 11) is -4.22. The fourth-order valence-electron chi connectivity index (χ4n) is 3.61. The summed E-state index contributed by atoms with van der Waals surface area (Å²) in [6.07, 6.45) is 0.366. The van der Waals surface area contributed by atoms with Crippen molar-refractivity contribution in [1.82, 2.24) is 15.1 Å². The second kappa shape index (κ2) is 10.2. The number of hydrogen-bond acceptors (Lipinski definition) is 5. The molecule has 0 aliphatic carbocycles. The Morgan fingerprint density at radius 2 is 1.33 bits per heavy atom. The number of hydrogen-bond donors (Lipinski definition) is 1. The van der Waals surface area contributed by atoms with Crippen LogP contribution in [0, 0.1) is 13.8 Å². The first-order chi connectivity index (χ1) is 15.6. The van der Waals surface area contributed by atoms with Crippen molar-refractivity contribution >= 4 is 27.6 Å². The van der Waals surface area contributed by atoms with E-state index < -0.39 is 27.0 Å². The molecule has 1 fully saturated rings. The lowest BCUT2D eigenvalue weighted by atomic mass is 10.1. The Kier molecular flexibility index (Phi) is 7.53. The van der Waals surface area contributed by atoms with Crippen LogP contribution in [-0.2, 0) is 19.4 Å². The van der Waals surface area contributed by atoms with Crippen molar-refractivity contribution in [1.29, 1.82) is 0 Å². The molecule has 0 spiro atoms. The van der Waals surface area contributed by atoms with Crippen molar-refractivity contribution in [3.05, 3.63) is 65.2 Å². The van der Waals surface area contributed by atoms with Gasteiger partial charge < -0.3 is 15.1 Å². The van der Waals surface area contributed by atoms with E-state index in [9.17, 15) is 22.8 Å². The molecule has 0 unspecified atom stereocenters. The summed E-state index contributed by atoms with van der Waals surface area (Å²) in [4.78, 5) is 41.2. The summed E-state index contributed by atoms with van der Waals surface area (Å²) in [5.41, 5.74) is 2.08. The number of amides is 3. The van der Waals surface area contributed by atoms with Gasteiger partial charge in [0.05, 0.1) is 4.90 Å². The molecule has 0 saturated carbocycles. The molecule has 33 heavy (non-hydrogen) atoms. The van der Waals surface area contributed by atoms with Crippen LogP contribution in [0.5, 0.6) is 0 Å². The van der Waals surface area contributed by atoms with Gasteiger partial charge in [-0.25, -0.2) is 8.42 Å². The smallest absolute Gasteiger partial charge is 0.261 e. The Hall–Kier alpha value is -3.20. The zero-order valence-corrected chi connectivity index (χ0v) is 19.9. The molecule has 1 aliphatic rings. The van der Waals surface area contributed by atoms with Gasteiger partial charge >= 0.3 is 0 Å². The minimum Gasteiger partial charge on any atom is -0.339 e. The van der Waals surface area contributed by atoms with Gasteiger partial charge in [-0.05, 0) is 38.1 Å². The summed E-state index contributed by atoms with van der Waals surface area (Å²) >= 11 is 0. The van der Waals surface area contributed by atoms with Crippen LogP contribution in [0.15, 0.2) is 53.4 Å². The highest BCUT2D eigenvalue weighted by atomic mass is 32.2. The van der Waals surface area contributed by atoms with Crippen molar-refractivity contribution in [2.75, 3.05) is 26.2 Å². The molecule has 9 heteroatoms. The maximum Gasteiger partial charge on any atom is 0.261 e. The first-order valence-electron chi connectivity index (χ1n) is 10.9. The molecule has 2 aromatic carbocycles. The van der Waals surface area contributed by atoms with E-state index >= 15 is 0 Å². The van der Waals surface area contributed by atoms with Crippen LogP contribution in [0.1, 0.15) is 34.8 Å². The number of nitrogens with zero attached hydrogens (tertiary/aromatic N) is 2. The lowest BCUT2D eigenvalue weighted by Crippen LogP contribution is -2.57. The third kappa shape index (κ3) is 5.60. The van der Waals surface area contributed by atoms with Crippen LogP contribution in [-0.4, -0.2) is 67.5 Å². The summed E-state index contributed by atoms with van der Waals surface area (Å²) in [5.74, 6) is -1.37. The van der Waals surface area contributed by atoms with Crippen molar-refractivity contribution in [3.63, 3.8) is 0 Å². The average molecular weight is 472 g/mol. The van der Waals surface area contributed by atoms with Gasteiger partial charge in [-0.3, -0.25) is 14.4 Å². The topological polar surface area (TPSA) is 104 Å². The molecule has 1 aliphatic heterocycles. The molecule has 1 N–H and O–H groups in total. The normalized spacial score (nSPS) is 15.1. The molecule has 1 saturated heterocycles. The molecule has 3 rings (SSSR count). The maximum atomic E-state index is 13.4. The Balaban J connectivity index is 1.88. The summed E-state index contributed by atoms with van der Waals surface area (Å²) < 4.78 is 26.9. The van der Waals surface area contributed by atoms with E-state index in [0.29, 0.717) is 19.5 Å². The highest BCUT2D eigenvalue weighted by molar-refractivity contribution is 7.92. The van der Waals surface area contributed by atoms with Gasteiger partial charge in [0.25, 0.3) is 11.8 Å². The highest BCUT2D eigenvalue weighted by Crippen LogP contribution is 2.19. The van der Waals surface area contributed by atoms with E-state index in [1.54, 1.807) is 48.2 Å². The summed E-state index contributed by atoms with van der Waals surface area (Å²) in [5, 5.41) is 0.674. The molecule has 1 atom stereocenters. The molecular weight excluding hydrogens is 442 g/mol. The van der Waals surface area contributed by atoms with E-state index in [1.807, 2.05) is 13.8 Å². The van der Waals surface area contributed by atoms with E-state index in [4.69, 9.17) is 0 Å². The summed E-state index contributed by atoms with van der Waals surface area (Å²) in [6, 6.07) is 12.8.